The molecular weight excluding hydrogens is 228 g/mol. The molecule has 0 aromatic heterocycles. The van der Waals surface area contributed by atoms with Gasteiger partial charge in [0.1, 0.15) is 0 Å². The van der Waals surface area contributed by atoms with Gasteiger partial charge in [-0.2, -0.15) is 8.42 Å². The molecule has 0 aromatic carbocycles. The van der Waals surface area contributed by atoms with Gasteiger partial charge in [0.25, 0.3) is 10.1 Å². The Bertz CT molecular complexity index is 337. The molecule has 0 aliphatic heterocycles. The fourth-order valence-corrected chi connectivity index (χ4v) is 7.97. The van der Waals surface area contributed by atoms with Gasteiger partial charge in [-0.3, -0.25) is 4.18 Å². The van der Waals surface area contributed by atoms with Crippen LogP contribution in [0.1, 0.15) is 26.7 Å². The highest BCUT2D eigenvalue weighted by Gasteiger charge is 2.60. The Morgan fingerprint density at radius 3 is 2.40 bits per heavy atom. The molecule has 0 amide bonds. The van der Waals surface area contributed by atoms with E-state index in [1.54, 1.807) is 0 Å². The van der Waals surface area contributed by atoms with Crippen LogP contribution in [-0.2, 0) is 14.3 Å². The smallest absolute Gasteiger partial charge is 0.264 e. The zero-order valence-electron chi connectivity index (χ0n) is 10.3. The molecule has 0 bridgehead atoms. The van der Waals surface area contributed by atoms with Crippen LogP contribution in [0.3, 0.4) is 0 Å². The molecule has 3 nitrogen and oxygen atoms in total. The van der Waals surface area contributed by atoms with Crippen molar-refractivity contribution in [2.45, 2.75) is 57.0 Å². The van der Waals surface area contributed by atoms with Crippen molar-refractivity contribution in [1.82, 2.24) is 0 Å². The van der Waals surface area contributed by atoms with Crippen LogP contribution in [0.25, 0.3) is 0 Å². The van der Waals surface area contributed by atoms with Crippen molar-refractivity contribution in [3.63, 3.8) is 0 Å². The summed E-state index contributed by atoms with van der Waals surface area (Å²) in [5, 5.41) is 0. The van der Waals surface area contributed by atoms with Crippen LogP contribution >= 0.6 is 0 Å². The first-order valence-electron chi connectivity index (χ1n) is 5.51. The van der Waals surface area contributed by atoms with E-state index in [0.717, 1.165) is 12.7 Å². The lowest BCUT2D eigenvalue weighted by Crippen LogP contribution is -2.31. The van der Waals surface area contributed by atoms with Crippen molar-refractivity contribution in [1.29, 1.82) is 0 Å². The summed E-state index contributed by atoms with van der Waals surface area (Å²) in [6.07, 6.45) is 3.24. The quantitative estimate of drug-likeness (QED) is 0.556. The summed E-state index contributed by atoms with van der Waals surface area (Å²) in [5.74, 6) is 0. The van der Waals surface area contributed by atoms with Gasteiger partial charge in [-0.25, -0.2) is 0 Å². The summed E-state index contributed by atoms with van der Waals surface area (Å²) in [6, 6.07) is 1.25. The summed E-state index contributed by atoms with van der Waals surface area (Å²) in [4.78, 5) is 0. The van der Waals surface area contributed by atoms with Gasteiger partial charge in [0, 0.05) is 0 Å². The molecule has 0 N–H and O–H groups in total. The molecule has 2 atom stereocenters. The van der Waals surface area contributed by atoms with Gasteiger partial charge in [0.2, 0.25) is 0 Å². The van der Waals surface area contributed by atoms with Crippen molar-refractivity contribution in [2.75, 3.05) is 6.26 Å². The lowest BCUT2D eigenvalue weighted by Gasteiger charge is -2.24. The summed E-state index contributed by atoms with van der Waals surface area (Å²) in [6.45, 7) is 8.78. The van der Waals surface area contributed by atoms with Crippen molar-refractivity contribution < 1.29 is 12.6 Å². The maximum absolute atomic E-state index is 11.1. The molecule has 1 aliphatic rings. The molecule has 0 aromatic rings. The van der Waals surface area contributed by atoms with Crippen molar-refractivity contribution in [2.24, 2.45) is 0 Å². The first-order valence-corrected chi connectivity index (χ1v) is 10.6. The van der Waals surface area contributed by atoms with Gasteiger partial charge in [0.15, 0.2) is 0 Å². The first-order chi connectivity index (χ1) is 6.61. The van der Waals surface area contributed by atoms with Crippen LogP contribution in [0, 0.1) is 0 Å². The topological polar surface area (TPSA) is 43.4 Å². The van der Waals surface area contributed by atoms with E-state index in [4.69, 9.17) is 4.18 Å². The Morgan fingerprint density at radius 2 is 2.00 bits per heavy atom. The van der Waals surface area contributed by atoms with E-state index in [2.05, 4.69) is 20.0 Å². The number of rotatable bonds is 5. The van der Waals surface area contributed by atoms with Crippen LogP contribution in [0.4, 0.5) is 0 Å². The molecule has 0 heterocycles. The van der Waals surface area contributed by atoms with Crippen LogP contribution in [-0.4, -0.2) is 28.3 Å². The molecular formula is C10H22O3SSi. The van der Waals surface area contributed by atoms with Gasteiger partial charge in [-0.15, -0.1) is 0 Å². The van der Waals surface area contributed by atoms with Gasteiger partial charge in [0.05, 0.1) is 19.9 Å². The Hall–Kier alpha value is 0.127. The van der Waals surface area contributed by atoms with E-state index < -0.39 is 23.8 Å². The maximum atomic E-state index is 11.1. The zero-order valence-corrected chi connectivity index (χ0v) is 12.1. The van der Waals surface area contributed by atoms with E-state index >= 15 is 0 Å². The lowest BCUT2D eigenvalue weighted by atomic mass is 10.4. The Labute approximate surface area is 94.3 Å². The van der Waals surface area contributed by atoms with Crippen molar-refractivity contribution >= 4 is 18.2 Å². The first kappa shape index (κ1) is 13.2. The van der Waals surface area contributed by atoms with Crippen molar-refractivity contribution in [3.05, 3.63) is 0 Å². The minimum atomic E-state index is -3.31. The summed E-state index contributed by atoms with van der Waals surface area (Å²) < 4.78 is 27.4. The maximum Gasteiger partial charge on any atom is 0.264 e. The van der Waals surface area contributed by atoms with E-state index in [0.29, 0.717) is 5.54 Å². The van der Waals surface area contributed by atoms with E-state index in [-0.39, 0.29) is 0 Å². The standard InChI is InChI=1S/C10H22O3SSi/c1-6-7-15(4,5)9-8-10(9,2)13-14(3,11)12/h9H,6-8H2,1-5H3. The SMILES string of the molecule is CCC[Si](C)(C)C1CC1(C)OS(C)(=O)=O. The highest BCUT2D eigenvalue weighted by molar-refractivity contribution is 7.86. The van der Waals surface area contributed by atoms with E-state index in [1.807, 2.05) is 6.92 Å². The minimum absolute atomic E-state index is 0.390. The van der Waals surface area contributed by atoms with Crippen LogP contribution in [0.15, 0.2) is 0 Å². The molecule has 1 saturated carbocycles. The Balaban J connectivity index is 2.65. The fraction of sp³-hybridized carbons (Fsp3) is 1.00. The third-order valence-electron chi connectivity index (χ3n) is 3.37. The average molecular weight is 250 g/mol. The molecule has 0 saturated heterocycles. The third kappa shape index (κ3) is 3.29. The predicted octanol–water partition coefficient (Wildman–Crippen LogP) is 2.61. The normalized spacial score (nSPS) is 31.7. The van der Waals surface area contributed by atoms with Gasteiger partial charge < -0.3 is 0 Å². The largest absolute Gasteiger partial charge is 0.264 e. The summed E-state index contributed by atoms with van der Waals surface area (Å²) >= 11 is 0. The molecule has 1 aliphatic carbocycles. The van der Waals surface area contributed by atoms with Gasteiger partial charge in [-0.1, -0.05) is 32.5 Å². The van der Waals surface area contributed by atoms with E-state index in [1.165, 1.54) is 12.5 Å². The molecule has 0 spiro atoms. The Kier molecular flexibility index (Phi) is 3.39. The second-order valence-corrected chi connectivity index (χ2v) is 12.3. The minimum Gasteiger partial charge on any atom is -0.264 e. The van der Waals surface area contributed by atoms with E-state index in [9.17, 15) is 8.42 Å². The number of hydrogen-bond acceptors (Lipinski definition) is 3. The second-order valence-electron chi connectivity index (χ2n) is 5.60. The summed E-state index contributed by atoms with van der Waals surface area (Å²) in [5.41, 5.74) is 0.109. The third-order valence-corrected chi connectivity index (χ3v) is 8.54. The molecule has 90 valence electrons. The molecule has 1 rings (SSSR count). The average Bonchev–Trinajstić information content (AvgIpc) is 2.57. The second kappa shape index (κ2) is 3.86. The molecule has 0 radical (unpaired) electrons. The predicted molar refractivity (Wildman–Crippen MR) is 65.3 cm³/mol. The number of hydrogen-bond donors (Lipinski definition) is 0. The zero-order chi connectivity index (χ0) is 11.9. The molecule has 15 heavy (non-hydrogen) atoms. The molecule has 2 unspecified atom stereocenters. The van der Waals surface area contributed by atoms with Crippen LogP contribution in [0.2, 0.25) is 24.7 Å². The van der Waals surface area contributed by atoms with Crippen molar-refractivity contribution in [3.8, 4) is 0 Å². The highest BCUT2D eigenvalue weighted by Crippen LogP contribution is 2.59. The summed E-state index contributed by atoms with van der Waals surface area (Å²) in [7, 11) is -4.60. The Morgan fingerprint density at radius 1 is 1.47 bits per heavy atom. The van der Waals surface area contributed by atoms with Gasteiger partial charge in [-0.05, 0) is 18.9 Å². The highest BCUT2D eigenvalue weighted by atomic mass is 32.2. The molecule has 5 heteroatoms. The van der Waals surface area contributed by atoms with Crippen LogP contribution in [0.5, 0.6) is 0 Å². The molecule has 1 fully saturated rings. The monoisotopic (exact) mass is 250 g/mol. The fourth-order valence-electron chi connectivity index (χ4n) is 2.71. The van der Waals surface area contributed by atoms with Gasteiger partial charge >= 0.3 is 0 Å². The lowest BCUT2D eigenvalue weighted by molar-refractivity contribution is 0.210. The van der Waals surface area contributed by atoms with Crippen LogP contribution < -0.4 is 0 Å².